The van der Waals surface area contributed by atoms with Gasteiger partial charge >= 0.3 is 0 Å². The van der Waals surface area contributed by atoms with Gasteiger partial charge in [-0.05, 0) is 217 Å². The van der Waals surface area contributed by atoms with Crippen molar-refractivity contribution in [3.8, 4) is 67.6 Å². The second-order valence-corrected chi connectivity index (χ2v) is 32.1. The Bertz CT molecular complexity index is 5370. The molecule has 3 unspecified atom stereocenters. The summed E-state index contributed by atoms with van der Waals surface area (Å²) in [5, 5.41) is 32.4. The second-order valence-electron chi connectivity index (χ2n) is 32.1. The zero-order valence-corrected chi connectivity index (χ0v) is 64.8. The smallest absolute Gasteiger partial charge is 0.165 e. The Kier molecular flexibility index (Phi) is 20.3. The Morgan fingerprint density at radius 3 is 1.61 bits per heavy atom. The number of benzene rings is 4. The fourth-order valence-corrected chi connectivity index (χ4v) is 18.4. The van der Waals surface area contributed by atoms with Crippen molar-refractivity contribution >= 4 is 45.9 Å². The van der Waals surface area contributed by atoms with Crippen LogP contribution in [0.2, 0.25) is 0 Å². The molecular formula is C86H102N22O4. The fraction of sp³-hybridized carbons (Fsp3) is 0.442. The lowest BCUT2D eigenvalue weighted by atomic mass is 10.0. The molecule has 26 nitrogen and oxygen atoms in total. The average Bonchev–Trinajstić information content (AvgIpc) is 1.63. The van der Waals surface area contributed by atoms with Gasteiger partial charge in [-0.3, -0.25) is 29.4 Å². The highest BCUT2D eigenvalue weighted by molar-refractivity contribution is 5.83. The Morgan fingerprint density at radius 2 is 0.920 bits per heavy atom. The second kappa shape index (κ2) is 31.6. The average molecular weight is 1510 g/mol. The van der Waals surface area contributed by atoms with E-state index >= 15 is 0 Å². The first-order valence-corrected chi connectivity index (χ1v) is 40.8. The van der Waals surface area contributed by atoms with Gasteiger partial charge in [-0.2, -0.15) is 15.3 Å². The van der Waals surface area contributed by atoms with Crippen molar-refractivity contribution in [2.24, 2.45) is 0 Å². The van der Waals surface area contributed by atoms with E-state index in [-0.39, 0.29) is 12.2 Å². The third-order valence-corrected chi connectivity index (χ3v) is 24.5. The van der Waals surface area contributed by atoms with Crippen LogP contribution in [-0.4, -0.2) is 255 Å². The van der Waals surface area contributed by atoms with Crippen LogP contribution in [0.4, 0.5) is 23.3 Å². The van der Waals surface area contributed by atoms with Crippen LogP contribution >= 0.6 is 0 Å². The highest BCUT2D eigenvalue weighted by atomic mass is 16.5. The summed E-state index contributed by atoms with van der Waals surface area (Å²) in [5.41, 5.74) is 16.9. The summed E-state index contributed by atoms with van der Waals surface area (Å²) in [6, 6.07) is 37.6. The maximum absolute atomic E-state index is 6.59. The Hall–Kier alpha value is -10.5. The van der Waals surface area contributed by atoms with E-state index in [1.54, 1.807) is 0 Å². The van der Waals surface area contributed by atoms with E-state index in [0.717, 1.165) is 238 Å². The van der Waals surface area contributed by atoms with Gasteiger partial charge in [-0.1, -0.05) is 24.3 Å². The van der Waals surface area contributed by atoms with Gasteiger partial charge in [0, 0.05) is 157 Å². The molecule has 0 aliphatic carbocycles. The molecule has 22 bridgehead atoms. The first kappa shape index (κ1) is 71.8. The number of anilines is 4. The van der Waals surface area contributed by atoms with Gasteiger partial charge in [-0.15, -0.1) is 5.10 Å². The first-order valence-electron chi connectivity index (χ1n) is 40.8. The van der Waals surface area contributed by atoms with Crippen LogP contribution in [0, 0.1) is 27.7 Å². The Balaban J connectivity index is 0.000000101. The monoisotopic (exact) mass is 1510 g/mol. The minimum Gasteiger partial charge on any atom is -0.492 e. The molecule has 0 radical (unpaired) electrons. The fourth-order valence-electron chi connectivity index (χ4n) is 18.4. The normalized spacial score (nSPS) is 24.2. The Labute approximate surface area is 653 Å². The summed E-state index contributed by atoms with van der Waals surface area (Å²) in [6.45, 7) is 28.5. The van der Waals surface area contributed by atoms with Crippen LogP contribution in [-0.2, 0) is 0 Å². The number of fused-ring (bicyclic) bond motifs is 25. The van der Waals surface area contributed by atoms with E-state index in [0.29, 0.717) is 30.8 Å². The maximum Gasteiger partial charge on any atom is 0.165 e. The molecule has 10 aliphatic rings. The molecular weight excluding hydrogens is 1410 g/mol. The van der Waals surface area contributed by atoms with Crippen LogP contribution in [0.5, 0.6) is 23.0 Å². The van der Waals surface area contributed by atoms with Crippen molar-refractivity contribution < 1.29 is 18.9 Å². The molecule has 0 spiro atoms. The van der Waals surface area contributed by atoms with Crippen LogP contribution in [0.15, 0.2) is 147 Å². The van der Waals surface area contributed by atoms with Crippen LogP contribution in [0.3, 0.4) is 0 Å². The third kappa shape index (κ3) is 15.4. The van der Waals surface area contributed by atoms with Crippen molar-refractivity contribution in [2.75, 3.05) is 152 Å². The minimum absolute atomic E-state index is 0.176. The van der Waals surface area contributed by atoms with E-state index in [2.05, 4.69) is 165 Å². The van der Waals surface area contributed by atoms with Crippen molar-refractivity contribution in [3.05, 3.63) is 169 Å². The molecule has 10 aliphatic heterocycles. The molecule has 26 heteroatoms. The number of nitrogens with one attached hydrogen (secondary N) is 4. The largest absolute Gasteiger partial charge is 0.492 e. The number of rotatable bonds is 0. The van der Waals surface area contributed by atoms with Crippen molar-refractivity contribution in [2.45, 2.75) is 115 Å². The molecule has 4 aromatic carbocycles. The molecule has 22 rings (SSSR count). The van der Waals surface area contributed by atoms with Gasteiger partial charge < -0.3 is 40.2 Å². The SMILES string of the molecule is Cc1ccc2cc1-c1cnc3ccc(nn13)NCCN1CCCC[C@H](C1)O2.Cc1ccc2cc1-c1cnn3ccc(nc13)NCCN1C[C@@H](CN3CCC[C@H]3C1)O2.Cc1ccc2cc1-c1cnn3ccc(nc13)NCCN1C[C@H]3CCCN3C[C@H]1CO2.Cc1ccc2cc1-c1cnn3ccc(nc13)N[C@@H]1CCN(CCO2)C1. The van der Waals surface area contributed by atoms with Gasteiger partial charge in [0.25, 0.3) is 0 Å². The quantitative estimate of drug-likeness (QED) is 0.111. The standard InChI is InChI=1S/2C23H28N6O.C21H25N5O.C19H21N5O/c1-16-4-5-19-11-20(16)21-12-25-29-9-6-22(26-23(21)29)24-7-10-28-13-17-3-2-8-27(17)14-18(28)15-30-19;1-16-4-5-18-11-20(16)21-12-25-29-9-6-22(26-23(21)29)24-7-10-27-13-17-3-2-8-28(17)15-19(14-27)30-18;1-15-5-6-16-12-18(15)19-13-23-21-8-7-20(24-26(19)21)22-9-11-25-10-3-2-4-17(14-25)27-16;1-13-2-3-15-10-16(13)17-11-20-24-7-5-18(22-19(17)24)21-14-4-6-23(12-14)8-9-25-15/h4-6,9,11-12,17-18H,2-3,7-8,10,13-15H2,1H3,(H,24,26);4-6,9,11-12,17,19H,2-3,7-8,10,13-15H2,1H3,(H,24,26);5-8,12-13,17H,2-4,9-11,14H2,1H3,(H,22,24);2-3,5,7,10-11,14H,4,6,8-9,12H2,1H3,(H,21,22)/t17-,18+;17-,19-;17-;14-/m1011/s1. The summed E-state index contributed by atoms with van der Waals surface area (Å²) in [4.78, 5) is 34.6. The molecule has 18 heterocycles. The summed E-state index contributed by atoms with van der Waals surface area (Å²) in [6.07, 6.45) is 23.9. The molecule has 112 heavy (non-hydrogen) atoms. The predicted molar refractivity (Wildman–Crippen MR) is 438 cm³/mol. The molecule has 8 aromatic heterocycles. The summed E-state index contributed by atoms with van der Waals surface area (Å²) >= 11 is 0. The third-order valence-electron chi connectivity index (χ3n) is 24.5. The zero-order valence-electron chi connectivity index (χ0n) is 64.8. The molecule has 580 valence electrons. The molecule has 4 N–H and O–H groups in total. The summed E-state index contributed by atoms with van der Waals surface area (Å²) in [5.74, 6) is 7.31. The zero-order chi connectivity index (χ0) is 75.2. The van der Waals surface area contributed by atoms with Gasteiger partial charge in [0.05, 0.1) is 36.5 Å². The number of nitrogens with zero attached hydrogens (tertiary/aromatic N) is 18. The first-order chi connectivity index (χ1) is 55.0. The molecule has 0 saturated carbocycles. The summed E-state index contributed by atoms with van der Waals surface area (Å²) < 4.78 is 32.8. The lowest BCUT2D eigenvalue weighted by molar-refractivity contribution is 0.0301. The highest BCUT2D eigenvalue weighted by Crippen LogP contribution is 2.38. The number of hydrogen-bond acceptors (Lipinski definition) is 22. The van der Waals surface area contributed by atoms with Gasteiger partial charge in [0.15, 0.2) is 22.6 Å². The van der Waals surface area contributed by atoms with E-state index in [4.69, 9.17) is 39.0 Å². The Morgan fingerprint density at radius 1 is 0.384 bits per heavy atom. The number of hydrogen-bond donors (Lipinski definition) is 4. The van der Waals surface area contributed by atoms with Crippen molar-refractivity contribution in [1.82, 2.24) is 87.8 Å². The minimum atomic E-state index is 0.176. The number of ether oxygens (including phenoxy) is 4. The maximum atomic E-state index is 6.59. The lowest BCUT2D eigenvalue weighted by Crippen LogP contribution is -2.58. The van der Waals surface area contributed by atoms with Gasteiger partial charge in [0.1, 0.15) is 71.7 Å². The van der Waals surface area contributed by atoms with Crippen LogP contribution in [0.1, 0.15) is 73.6 Å². The summed E-state index contributed by atoms with van der Waals surface area (Å²) in [7, 11) is 0. The van der Waals surface area contributed by atoms with E-state index in [1.165, 1.54) is 73.9 Å². The number of aromatic nitrogens is 12. The molecule has 6 fully saturated rings. The van der Waals surface area contributed by atoms with E-state index in [9.17, 15) is 0 Å². The predicted octanol–water partition coefficient (Wildman–Crippen LogP) is 11.3. The van der Waals surface area contributed by atoms with E-state index < -0.39 is 0 Å². The number of piperazine rings is 1. The van der Waals surface area contributed by atoms with Crippen LogP contribution in [0.25, 0.3) is 67.2 Å². The highest BCUT2D eigenvalue weighted by Gasteiger charge is 2.38. The number of aryl methyl sites for hydroxylation is 4. The van der Waals surface area contributed by atoms with E-state index in [1.807, 2.05) is 97.8 Å². The lowest BCUT2D eigenvalue weighted by Gasteiger charge is -2.43. The van der Waals surface area contributed by atoms with Crippen molar-refractivity contribution in [3.63, 3.8) is 0 Å². The van der Waals surface area contributed by atoms with Crippen LogP contribution < -0.4 is 40.2 Å². The molecule has 0 amide bonds. The van der Waals surface area contributed by atoms with Gasteiger partial charge in [0.2, 0.25) is 0 Å². The number of imidazole rings is 1. The van der Waals surface area contributed by atoms with Gasteiger partial charge in [-0.25, -0.2) is 38.0 Å². The van der Waals surface area contributed by atoms with Crippen molar-refractivity contribution in [1.29, 1.82) is 0 Å². The topological polar surface area (TPSA) is 225 Å². The molecule has 12 aromatic rings. The molecule has 9 atom stereocenters. The molecule has 6 saturated heterocycles.